The summed E-state index contributed by atoms with van der Waals surface area (Å²) in [6, 6.07) is 0. The molecule has 0 aromatic rings. The highest BCUT2D eigenvalue weighted by Gasteiger charge is 2.28. The van der Waals surface area contributed by atoms with E-state index in [1.54, 1.807) is 12.6 Å². The van der Waals surface area contributed by atoms with Crippen LogP contribution >= 0.6 is 0 Å². The number of hydrogen-bond acceptors (Lipinski definition) is 2. The molecule has 1 amide bonds. The van der Waals surface area contributed by atoms with E-state index in [0.29, 0.717) is 0 Å². The minimum atomic E-state index is 0.224. The molecule has 0 saturated carbocycles. The summed E-state index contributed by atoms with van der Waals surface area (Å²) in [5, 5.41) is 2.78. The molecule has 3 heteroatoms. The maximum Gasteiger partial charge on any atom is 0.222 e. The molecule has 108 valence electrons. The van der Waals surface area contributed by atoms with Gasteiger partial charge in [0.2, 0.25) is 5.91 Å². The molecule has 0 aromatic carbocycles. The Labute approximate surface area is 117 Å². The molecule has 1 saturated heterocycles. The topological polar surface area (TPSA) is 32.3 Å². The second-order valence-electron chi connectivity index (χ2n) is 6.30. The molecule has 2 atom stereocenters. The minimum absolute atomic E-state index is 0.224. The summed E-state index contributed by atoms with van der Waals surface area (Å²) in [6.07, 6.45) is 7.04. The fraction of sp³-hybridized carbons (Fsp3) is 0.812. The van der Waals surface area contributed by atoms with Gasteiger partial charge in [-0.25, -0.2) is 0 Å². The molecule has 1 aliphatic carbocycles. The van der Waals surface area contributed by atoms with Crippen LogP contribution in [0.25, 0.3) is 0 Å². The van der Waals surface area contributed by atoms with Crippen LogP contribution in [0.4, 0.5) is 0 Å². The van der Waals surface area contributed by atoms with E-state index < -0.39 is 0 Å². The van der Waals surface area contributed by atoms with E-state index in [4.69, 9.17) is 0 Å². The first-order valence-corrected chi connectivity index (χ1v) is 7.72. The predicted octanol–water partition coefficient (Wildman–Crippen LogP) is 2.44. The van der Waals surface area contributed by atoms with Crippen LogP contribution in [0.1, 0.15) is 39.5 Å². The monoisotopic (exact) mass is 264 g/mol. The van der Waals surface area contributed by atoms with Crippen molar-refractivity contribution >= 4 is 5.91 Å². The first kappa shape index (κ1) is 14.6. The number of amides is 1. The van der Waals surface area contributed by atoms with Crippen LogP contribution in [0.15, 0.2) is 11.6 Å². The van der Waals surface area contributed by atoms with Gasteiger partial charge < -0.3 is 10.2 Å². The molecule has 1 fully saturated rings. The molecule has 19 heavy (non-hydrogen) atoms. The SMILES string of the molecule is CNC(=O)C1CCN(C[C@H]2C(C)=CCC[C@H]2C)CC1. The van der Waals surface area contributed by atoms with Crippen molar-refractivity contribution in [2.24, 2.45) is 17.8 Å². The first-order valence-electron chi connectivity index (χ1n) is 7.72. The molecule has 0 spiro atoms. The van der Waals surface area contributed by atoms with Crippen molar-refractivity contribution < 1.29 is 4.79 Å². The first-order chi connectivity index (χ1) is 9.11. The van der Waals surface area contributed by atoms with E-state index in [2.05, 4.69) is 30.1 Å². The van der Waals surface area contributed by atoms with Gasteiger partial charge in [-0.15, -0.1) is 0 Å². The van der Waals surface area contributed by atoms with Crippen molar-refractivity contribution in [3.8, 4) is 0 Å². The summed E-state index contributed by atoms with van der Waals surface area (Å²) in [6.45, 7) is 8.02. The van der Waals surface area contributed by atoms with Crippen LogP contribution in [0, 0.1) is 17.8 Å². The highest BCUT2D eigenvalue weighted by Crippen LogP contribution is 2.31. The van der Waals surface area contributed by atoms with Crippen molar-refractivity contribution in [3.05, 3.63) is 11.6 Å². The van der Waals surface area contributed by atoms with Crippen molar-refractivity contribution in [2.75, 3.05) is 26.7 Å². The number of hydrogen-bond donors (Lipinski definition) is 1. The zero-order valence-corrected chi connectivity index (χ0v) is 12.6. The molecule has 1 N–H and O–H groups in total. The van der Waals surface area contributed by atoms with Crippen LogP contribution in [-0.2, 0) is 4.79 Å². The number of rotatable bonds is 3. The van der Waals surface area contributed by atoms with E-state index in [-0.39, 0.29) is 11.8 Å². The molecule has 2 rings (SSSR count). The Bertz CT molecular complexity index is 343. The highest BCUT2D eigenvalue weighted by molar-refractivity contribution is 5.78. The second-order valence-corrected chi connectivity index (χ2v) is 6.30. The Hall–Kier alpha value is -0.830. The van der Waals surface area contributed by atoms with Crippen LogP contribution in [0.3, 0.4) is 0 Å². The van der Waals surface area contributed by atoms with Crippen molar-refractivity contribution in [3.63, 3.8) is 0 Å². The summed E-state index contributed by atoms with van der Waals surface area (Å²) in [5.41, 5.74) is 1.58. The molecule has 2 aliphatic rings. The Morgan fingerprint density at radius 3 is 2.63 bits per heavy atom. The lowest BCUT2D eigenvalue weighted by molar-refractivity contribution is -0.125. The molecular weight excluding hydrogens is 236 g/mol. The third-order valence-electron chi connectivity index (χ3n) is 5.02. The van der Waals surface area contributed by atoms with Gasteiger partial charge in [0.05, 0.1) is 0 Å². The fourth-order valence-electron chi connectivity index (χ4n) is 3.56. The van der Waals surface area contributed by atoms with Gasteiger partial charge in [0.15, 0.2) is 0 Å². The van der Waals surface area contributed by atoms with Gasteiger partial charge in [0.25, 0.3) is 0 Å². The van der Waals surface area contributed by atoms with E-state index in [1.165, 1.54) is 19.4 Å². The molecule has 0 bridgehead atoms. The molecule has 1 heterocycles. The van der Waals surface area contributed by atoms with E-state index in [1.807, 2.05) is 0 Å². The summed E-state index contributed by atoms with van der Waals surface area (Å²) in [7, 11) is 1.74. The quantitative estimate of drug-likeness (QED) is 0.794. The number of carbonyl (C=O) groups excluding carboxylic acids is 1. The zero-order chi connectivity index (χ0) is 13.8. The van der Waals surface area contributed by atoms with Gasteiger partial charge in [-0.1, -0.05) is 18.6 Å². The third-order valence-corrected chi connectivity index (χ3v) is 5.02. The number of nitrogens with one attached hydrogen (secondary N) is 1. The molecule has 0 aromatic heterocycles. The number of likely N-dealkylation sites (tertiary alicyclic amines) is 1. The molecule has 0 unspecified atom stereocenters. The Balaban J connectivity index is 1.84. The average Bonchev–Trinajstić information content (AvgIpc) is 2.43. The lowest BCUT2D eigenvalue weighted by atomic mass is 9.79. The number of carbonyl (C=O) groups is 1. The van der Waals surface area contributed by atoms with E-state index >= 15 is 0 Å². The summed E-state index contributed by atoms with van der Waals surface area (Å²) >= 11 is 0. The van der Waals surface area contributed by atoms with Gasteiger partial charge in [-0.05, 0) is 57.5 Å². The fourth-order valence-corrected chi connectivity index (χ4v) is 3.56. The molecular formula is C16H28N2O. The predicted molar refractivity (Wildman–Crippen MR) is 78.9 cm³/mol. The smallest absolute Gasteiger partial charge is 0.222 e. The Kier molecular flexibility index (Phi) is 5.03. The molecule has 0 radical (unpaired) electrons. The molecule has 1 aliphatic heterocycles. The zero-order valence-electron chi connectivity index (χ0n) is 12.6. The van der Waals surface area contributed by atoms with Gasteiger partial charge in [-0.2, -0.15) is 0 Å². The van der Waals surface area contributed by atoms with E-state index in [0.717, 1.165) is 37.8 Å². The lowest BCUT2D eigenvalue weighted by Gasteiger charge is -2.37. The van der Waals surface area contributed by atoms with E-state index in [9.17, 15) is 4.79 Å². The van der Waals surface area contributed by atoms with Crippen molar-refractivity contribution in [2.45, 2.75) is 39.5 Å². The number of nitrogens with zero attached hydrogens (tertiary/aromatic N) is 1. The Morgan fingerprint density at radius 2 is 2.05 bits per heavy atom. The third kappa shape index (κ3) is 3.59. The maximum absolute atomic E-state index is 11.6. The summed E-state index contributed by atoms with van der Waals surface area (Å²) in [4.78, 5) is 14.2. The molecule has 3 nitrogen and oxygen atoms in total. The van der Waals surface area contributed by atoms with Crippen LogP contribution < -0.4 is 5.32 Å². The standard InChI is InChI=1S/C16H28N2O/c1-12-5-4-6-13(2)15(12)11-18-9-7-14(8-10-18)16(19)17-3/h5,13-15H,4,6-11H2,1-3H3,(H,17,19)/t13-,15+/m1/s1. The minimum Gasteiger partial charge on any atom is -0.359 e. The second kappa shape index (κ2) is 6.56. The van der Waals surface area contributed by atoms with Crippen LogP contribution in [0.2, 0.25) is 0 Å². The van der Waals surface area contributed by atoms with Crippen molar-refractivity contribution in [1.29, 1.82) is 0 Å². The van der Waals surface area contributed by atoms with Gasteiger partial charge in [0, 0.05) is 19.5 Å². The number of allylic oxidation sites excluding steroid dienone is 1. The van der Waals surface area contributed by atoms with Gasteiger partial charge in [0.1, 0.15) is 0 Å². The van der Waals surface area contributed by atoms with Crippen LogP contribution in [-0.4, -0.2) is 37.5 Å². The van der Waals surface area contributed by atoms with Crippen LogP contribution in [0.5, 0.6) is 0 Å². The van der Waals surface area contributed by atoms with Gasteiger partial charge >= 0.3 is 0 Å². The normalized spacial score (nSPS) is 29.9. The number of piperidine rings is 1. The maximum atomic E-state index is 11.6. The summed E-state index contributed by atoms with van der Waals surface area (Å²) < 4.78 is 0. The lowest BCUT2D eigenvalue weighted by Crippen LogP contribution is -2.42. The van der Waals surface area contributed by atoms with Gasteiger partial charge in [-0.3, -0.25) is 4.79 Å². The Morgan fingerprint density at radius 1 is 1.37 bits per heavy atom. The summed E-state index contributed by atoms with van der Waals surface area (Å²) in [5.74, 6) is 2.00. The van der Waals surface area contributed by atoms with Crippen molar-refractivity contribution in [1.82, 2.24) is 10.2 Å². The largest absolute Gasteiger partial charge is 0.359 e. The average molecular weight is 264 g/mol. The highest BCUT2D eigenvalue weighted by atomic mass is 16.1.